The molecular formula is C15H15FN2O4. The summed E-state index contributed by atoms with van der Waals surface area (Å²) in [6, 6.07) is 5.17. The van der Waals surface area contributed by atoms with Gasteiger partial charge in [0.15, 0.2) is 0 Å². The van der Waals surface area contributed by atoms with E-state index in [0.717, 1.165) is 0 Å². The lowest BCUT2D eigenvalue weighted by molar-refractivity contribution is -0.137. The van der Waals surface area contributed by atoms with E-state index in [0.29, 0.717) is 17.1 Å². The minimum absolute atomic E-state index is 0.0192. The van der Waals surface area contributed by atoms with E-state index < -0.39 is 12.0 Å². The van der Waals surface area contributed by atoms with E-state index in [4.69, 9.17) is 9.52 Å². The summed E-state index contributed by atoms with van der Waals surface area (Å²) in [5.41, 5.74) is 1.02. The largest absolute Gasteiger partial charge is 0.481 e. The maximum Gasteiger partial charge on any atom is 0.305 e. The Morgan fingerprint density at radius 2 is 2.05 bits per heavy atom. The van der Waals surface area contributed by atoms with Crippen LogP contribution in [0, 0.1) is 5.82 Å². The molecule has 7 heteroatoms. The molecule has 1 unspecified atom stereocenters. The van der Waals surface area contributed by atoms with Crippen molar-refractivity contribution in [1.82, 2.24) is 10.3 Å². The third-order valence-electron chi connectivity index (χ3n) is 2.87. The van der Waals surface area contributed by atoms with Crippen LogP contribution in [0.3, 0.4) is 0 Å². The molecule has 0 spiro atoms. The van der Waals surface area contributed by atoms with E-state index in [9.17, 15) is 14.0 Å². The number of carbonyl (C=O) groups is 2. The lowest BCUT2D eigenvalue weighted by atomic mass is 10.2. The third kappa shape index (κ3) is 4.41. The third-order valence-corrected chi connectivity index (χ3v) is 2.87. The van der Waals surface area contributed by atoms with Crippen molar-refractivity contribution in [2.75, 3.05) is 0 Å². The molecule has 0 aliphatic carbocycles. The molecule has 1 amide bonds. The minimum atomic E-state index is -0.979. The molecule has 0 fully saturated rings. The first-order valence-corrected chi connectivity index (χ1v) is 6.65. The normalized spacial score (nSPS) is 11.9. The number of aliphatic carboxylic acids is 1. The summed E-state index contributed by atoms with van der Waals surface area (Å²) >= 11 is 0. The Labute approximate surface area is 126 Å². The fourth-order valence-electron chi connectivity index (χ4n) is 1.92. The Balaban J connectivity index is 1.95. The van der Waals surface area contributed by atoms with Crippen molar-refractivity contribution >= 4 is 11.9 Å². The summed E-state index contributed by atoms with van der Waals surface area (Å²) in [6.45, 7) is 1.61. The van der Waals surface area contributed by atoms with Crippen LogP contribution in [-0.4, -0.2) is 28.0 Å². The van der Waals surface area contributed by atoms with Gasteiger partial charge in [-0.25, -0.2) is 9.37 Å². The van der Waals surface area contributed by atoms with Gasteiger partial charge in [-0.2, -0.15) is 0 Å². The first-order valence-electron chi connectivity index (χ1n) is 6.65. The molecule has 1 heterocycles. The first kappa shape index (κ1) is 15.7. The molecule has 1 atom stereocenters. The Hall–Kier alpha value is -2.70. The van der Waals surface area contributed by atoms with Gasteiger partial charge < -0.3 is 14.8 Å². The lowest BCUT2D eigenvalue weighted by Crippen LogP contribution is -2.35. The molecule has 6 nitrogen and oxygen atoms in total. The number of oxazole rings is 1. The highest BCUT2D eigenvalue weighted by Crippen LogP contribution is 2.19. The van der Waals surface area contributed by atoms with E-state index >= 15 is 0 Å². The molecule has 116 valence electrons. The molecule has 2 rings (SSSR count). The highest BCUT2D eigenvalue weighted by molar-refractivity contribution is 5.79. The Bertz CT molecular complexity index is 666. The molecule has 0 saturated heterocycles. The first-order chi connectivity index (χ1) is 10.4. The SMILES string of the molecule is CC(CC(=O)O)NC(=O)Cc1coc(-c2ccc(F)cc2)n1. The van der Waals surface area contributed by atoms with Gasteiger partial charge in [-0.15, -0.1) is 0 Å². The standard InChI is InChI=1S/C15H15FN2O4/c1-9(6-14(20)21)17-13(19)7-12-8-22-15(18-12)10-2-4-11(16)5-3-10/h2-5,8-9H,6-7H2,1H3,(H,17,19)(H,20,21). The number of benzene rings is 1. The average Bonchev–Trinajstić information content (AvgIpc) is 2.86. The zero-order chi connectivity index (χ0) is 16.1. The van der Waals surface area contributed by atoms with Gasteiger partial charge in [0, 0.05) is 11.6 Å². The minimum Gasteiger partial charge on any atom is -0.481 e. The predicted molar refractivity (Wildman–Crippen MR) is 75.5 cm³/mol. The van der Waals surface area contributed by atoms with Crippen molar-refractivity contribution in [3.05, 3.63) is 42.0 Å². The number of halogens is 1. The number of carbonyl (C=O) groups excluding carboxylic acids is 1. The molecule has 2 aromatic rings. The Kier molecular flexibility index (Phi) is 4.88. The van der Waals surface area contributed by atoms with Gasteiger partial charge in [0.1, 0.15) is 12.1 Å². The van der Waals surface area contributed by atoms with E-state index in [2.05, 4.69) is 10.3 Å². The van der Waals surface area contributed by atoms with Crippen LogP contribution in [0.25, 0.3) is 11.5 Å². The van der Waals surface area contributed by atoms with Crippen LogP contribution in [0.15, 0.2) is 34.9 Å². The monoisotopic (exact) mass is 306 g/mol. The quantitative estimate of drug-likeness (QED) is 0.851. The van der Waals surface area contributed by atoms with Gasteiger partial charge >= 0.3 is 5.97 Å². The van der Waals surface area contributed by atoms with Crippen LogP contribution in [-0.2, 0) is 16.0 Å². The van der Waals surface area contributed by atoms with Gasteiger partial charge in [-0.05, 0) is 31.2 Å². The van der Waals surface area contributed by atoms with Gasteiger partial charge in [0.2, 0.25) is 11.8 Å². The molecule has 0 aliphatic rings. The second-order valence-electron chi connectivity index (χ2n) is 4.89. The summed E-state index contributed by atoms with van der Waals surface area (Å²) in [5, 5.41) is 11.2. The summed E-state index contributed by atoms with van der Waals surface area (Å²) in [5.74, 6) is -1.38. The van der Waals surface area contributed by atoms with Crippen LogP contribution in [0.4, 0.5) is 4.39 Å². The molecule has 2 N–H and O–H groups in total. The highest BCUT2D eigenvalue weighted by Gasteiger charge is 2.14. The van der Waals surface area contributed by atoms with E-state index in [1.807, 2.05) is 0 Å². The van der Waals surface area contributed by atoms with Crippen molar-refractivity contribution in [3.63, 3.8) is 0 Å². The summed E-state index contributed by atoms with van der Waals surface area (Å²) < 4.78 is 18.1. The molecule has 1 aromatic heterocycles. The van der Waals surface area contributed by atoms with Crippen LogP contribution in [0.1, 0.15) is 19.0 Å². The fourth-order valence-corrected chi connectivity index (χ4v) is 1.92. The maximum absolute atomic E-state index is 12.8. The number of nitrogens with zero attached hydrogens (tertiary/aromatic N) is 1. The summed E-state index contributed by atoms with van der Waals surface area (Å²) in [4.78, 5) is 26.4. The molecule has 0 saturated carbocycles. The van der Waals surface area contributed by atoms with Crippen LogP contribution < -0.4 is 5.32 Å². The van der Waals surface area contributed by atoms with Crippen molar-refractivity contribution in [3.8, 4) is 11.5 Å². The summed E-state index contributed by atoms with van der Waals surface area (Å²) in [6.07, 6.45) is 1.18. The second kappa shape index (κ2) is 6.84. The molecule has 1 aromatic carbocycles. The Morgan fingerprint density at radius 1 is 1.36 bits per heavy atom. The van der Waals surface area contributed by atoms with E-state index in [-0.39, 0.29) is 24.6 Å². The number of rotatable bonds is 6. The second-order valence-corrected chi connectivity index (χ2v) is 4.89. The zero-order valence-electron chi connectivity index (χ0n) is 11.9. The van der Waals surface area contributed by atoms with Gasteiger partial charge in [-0.1, -0.05) is 0 Å². The number of carboxylic acids is 1. The average molecular weight is 306 g/mol. The topological polar surface area (TPSA) is 92.4 Å². The highest BCUT2D eigenvalue weighted by atomic mass is 19.1. The molecule has 0 aliphatic heterocycles. The predicted octanol–water partition coefficient (Wildman–Crippen LogP) is 2.00. The van der Waals surface area contributed by atoms with Gasteiger partial charge in [0.05, 0.1) is 18.5 Å². The number of amides is 1. The van der Waals surface area contributed by atoms with Crippen LogP contribution in [0.2, 0.25) is 0 Å². The molecule has 0 bridgehead atoms. The van der Waals surface area contributed by atoms with Crippen molar-refractivity contribution in [2.24, 2.45) is 0 Å². The maximum atomic E-state index is 12.8. The van der Waals surface area contributed by atoms with E-state index in [1.54, 1.807) is 6.92 Å². The molecule has 0 radical (unpaired) electrons. The number of nitrogens with one attached hydrogen (secondary N) is 1. The fraction of sp³-hybridized carbons (Fsp3) is 0.267. The smallest absolute Gasteiger partial charge is 0.305 e. The van der Waals surface area contributed by atoms with Crippen molar-refractivity contribution in [1.29, 1.82) is 0 Å². The number of hydrogen-bond donors (Lipinski definition) is 2. The lowest BCUT2D eigenvalue weighted by Gasteiger charge is -2.10. The van der Waals surface area contributed by atoms with Gasteiger partial charge in [0.25, 0.3) is 0 Å². The van der Waals surface area contributed by atoms with E-state index in [1.165, 1.54) is 30.5 Å². The van der Waals surface area contributed by atoms with Crippen LogP contribution >= 0.6 is 0 Å². The molecule has 22 heavy (non-hydrogen) atoms. The molecular weight excluding hydrogens is 291 g/mol. The number of hydrogen-bond acceptors (Lipinski definition) is 4. The number of carboxylic acid groups (broad SMARTS) is 1. The van der Waals surface area contributed by atoms with Gasteiger partial charge in [-0.3, -0.25) is 9.59 Å². The summed E-state index contributed by atoms with van der Waals surface area (Å²) in [7, 11) is 0. The van der Waals surface area contributed by atoms with Crippen molar-refractivity contribution in [2.45, 2.75) is 25.8 Å². The van der Waals surface area contributed by atoms with Crippen molar-refractivity contribution < 1.29 is 23.5 Å². The van der Waals surface area contributed by atoms with Crippen LogP contribution in [0.5, 0.6) is 0 Å². The number of aromatic nitrogens is 1. The Morgan fingerprint density at radius 3 is 2.68 bits per heavy atom. The zero-order valence-corrected chi connectivity index (χ0v) is 11.9.